The SMILES string of the molecule is O=C(O)c1cccc(Nc2ccnc(Nc3ccccc3Br)n2)c1. The quantitative estimate of drug-likeness (QED) is 0.603. The van der Waals surface area contributed by atoms with Crippen molar-refractivity contribution in [1.29, 1.82) is 0 Å². The molecule has 0 unspecified atom stereocenters. The molecule has 1 heterocycles. The molecule has 3 N–H and O–H groups in total. The minimum atomic E-state index is -0.974. The van der Waals surface area contributed by atoms with E-state index >= 15 is 0 Å². The van der Waals surface area contributed by atoms with Crippen LogP contribution in [0.2, 0.25) is 0 Å². The predicted molar refractivity (Wildman–Crippen MR) is 96.1 cm³/mol. The van der Waals surface area contributed by atoms with Crippen molar-refractivity contribution in [2.45, 2.75) is 0 Å². The van der Waals surface area contributed by atoms with Gasteiger partial charge in [0.2, 0.25) is 5.95 Å². The summed E-state index contributed by atoms with van der Waals surface area (Å²) in [6.07, 6.45) is 1.62. The summed E-state index contributed by atoms with van der Waals surface area (Å²) in [5.74, 6) is 0.0148. The van der Waals surface area contributed by atoms with Crippen molar-refractivity contribution in [1.82, 2.24) is 9.97 Å². The lowest BCUT2D eigenvalue weighted by molar-refractivity contribution is 0.0697. The van der Waals surface area contributed by atoms with Gasteiger partial charge in [0.1, 0.15) is 5.82 Å². The van der Waals surface area contributed by atoms with Crippen LogP contribution in [0.25, 0.3) is 0 Å². The number of carbonyl (C=O) groups is 1. The van der Waals surface area contributed by atoms with Crippen LogP contribution in [0.1, 0.15) is 10.4 Å². The number of nitrogens with zero attached hydrogens (tertiary/aromatic N) is 2. The molecule has 24 heavy (non-hydrogen) atoms. The first-order valence-electron chi connectivity index (χ1n) is 7.07. The molecule has 0 spiro atoms. The highest BCUT2D eigenvalue weighted by atomic mass is 79.9. The summed E-state index contributed by atoms with van der Waals surface area (Å²) in [5.41, 5.74) is 1.70. The Labute approximate surface area is 146 Å². The molecule has 0 aliphatic carbocycles. The van der Waals surface area contributed by atoms with Crippen molar-refractivity contribution < 1.29 is 9.90 Å². The minimum absolute atomic E-state index is 0.209. The molecule has 0 fully saturated rings. The number of carboxylic acids is 1. The highest BCUT2D eigenvalue weighted by Gasteiger charge is 2.06. The third kappa shape index (κ3) is 3.88. The maximum atomic E-state index is 11.0. The van der Waals surface area contributed by atoms with Gasteiger partial charge in [-0.2, -0.15) is 4.98 Å². The summed E-state index contributed by atoms with van der Waals surface area (Å²) < 4.78 is 0.904. The van der Waals surface area contributed by atoms with E-state index in [2.05, 4.69) is 36.5 Å². The van der Waals surface area contributed by atoms with Crippen LogP contribution in [-0.2, 0) is 0 Å². The van der Waals surface area contributed by atoms with E-state index in [-0.39, 0.29) is 5.56 Å². The molecule has 0 atom stereocenters. The third-order valence-corrected chi connectivity index (χ3v) is 3.85. The van der Waals surface area contributed by atoms with Gasteiger partial charge in [-0.05, 0) is 52.3 Å². The van der Waals surface area contributed by atoms with E-state index < -0.39 is 5.97 Å². The first kappa shape index (κ1) is 15.9. The fourth-order valence-corrected chi connectivity index (χ4v) is 2.43. The molecule has 120 valence electrons. The molecule has 0 saturated heterocycles. The topological polar surface area (TPSA) is 87.1 Å². The van der Waals surface area contributed by atoms with E-state index in [0.29, 0.717) is 17.5 Å². The van der Waals surface area contributed by atoms with Gasteiger partial charge in [-0.25, -0.2) is 9.78 Å². The van der Waals surface area contributed by atoms with Crippen LogP contribution in [0.4, 0.5) is 23.1 Å². The number of nitrogens with one attached hydrogen (secondary N) is 2. The summed E-state index contributed by atoms with van der Waals surface area (Å²) in [6, 6.07) is 15.9. The average molecular weight is 385 g/mol. The molecule has 3 rings (SSSR count). The number of carboxylic acid groups (broad SMARTS) is 1. The first-order valence-corrected chi connectivity index (χ1v) is 7.86. The highest BCUT2D eigenvalue weighted by molar-refractivity contribution is 9.10. The van der Waals surface area contributed by atoms with Crippen molar-refractivity contribution >= 4 is 45.0 Å². The van der Waals surface area contributed by atoms with Gasteiger partial charge in [0.05, 0.1) is 11.3 Å². The third-order valence-electron chi connectivity index (χ3n) is 3.16. The monoisotopic (exact) mass is 384 g/mol. The van der Waals surface area contributed by atoms with Crippen LogP contribution < -0.4 is 10.6 Å². The summed E-state index contributed by atoms with van der Waals surface area (Å²) in [4.78, 5) is 19.6. The Kier molecular flexibility index (Phi) is 4.72. The lowest BCUT2D eigenvalue weighted by Gasteiger charge is -2.09. The summed E-state index contributed by atoms with van der Waals surface area (Å²) >= 11 is 3.46. The number of hydrogen-bond donors (Lipinski definition) is 3. The highest BCUT2D eigenvalue weighted by Crippen LogP contribution is 2.24. The van der Waals surface area contributed by atoms with E-state index in [9.17, 15) is 4.79 Å². The molecule has 0 radical (unpaired) electrons. The number of benzene rings is 2. The lowest BCUT2D eigenvalue weighted by atomic mass is 10.2. The number of aromatic carboxylic acids is 1. The van der Waals surface area contributed by atoms with Gasteiger partial charge in [0.15, 0.2) is 0 Å². The van der Waals surface area contributed by atoms with E-state index in [1.54, 1.807) is 30.5 Å². The van der Waals surface area contributed by atoms with E-state index in [1.165, 1.54) is 6.07 Å². The zero-order valence-corrected chi connectivity index (χ0v) is 14.0. The van der Waals surface area contributed by atoms with Crippen LogP contribution in [0.15, 0.2) is 65.3 Å². The second-order valence-electron chi connectivity index (χ2n) is 4.88. The molecule has 0 amide bonds. The molecular weight excluding hydrogens is 372 g/mol. The van der Waals surface area contributed by atoms with Crippen molar-refractivity contribution in [3.05, 3.63) is 70.8 Å². The molecule has 7 heteroatoms. The van der Waals surface area contributed by atoms with Gasteiger partial charge in [0.25, 0.3) is 0 Å². The number of rotatable bonds is 5. The van der Waals surface area contributed by atoms with Gasteiger partial charge in [-0.15, -0.1) is 0 Å². The maximum absolute atomic E-state index is 11.0. The van der Waals surface area contributed by atoms with Crippen molar-refractivity contribution in [3.63, 3.8) is 0 Å². The minimum Gasteiger partial charge on any atom is -0.478 e. The van der Waals surface area contributed by atoms with Crippen molar-refractivity contribution in [3.8, 4) is 0 Å². The summed E-state index contributed by atoms with van der Waals surface area (Å²) in [6.45, 7) is 0. The summed E-state index contributed by atoms with van der Waals surface area (Å²) in [5, 5.41) is 15.2. The van der Waals surface area contributed by atoms with Gasteiger partial charge < -0.3 is 15.7 Å². The normalized spacial score (nSPS) is 10.2. The average Bonchev–Trinajstić information content (AvgIpc) is 2.57. The van der Waals surface area contributed by atoms with Crippen LogP contribution in [-0.4, -0.2) is 21.0 Å². The summed E-state index contributed by atoms with van der Waals surface area (Å²) in [7, 11) is 0. The lowest BCUT2D eigenvalue weighted by Crippen LogP contribution is -2.02. The molecule has 0 bridgehead atoms. The smallest absolute Gasteiger partial charge is 0.335 e. The number of para-hydroxylation sites is 1. The van der Waals surface area contributed by atoms with Gasteiger partial charge in [-0.3, -0.25) is 0 Å². The number of halogens is 1. The van der Waals surface area contributed by atoms with Gasteiger partial charge >= 0.3 is 5.97 Å². The van der Waals surface area contributed by atoms with Gasteiger partial charge in [-0.1, -0.05) is 18.2 Å². The molecule has 0 aliphatic heterocycles. The Balaban J connectivity index is 1.79. The Morgan fingerprint density at radius 3 is 2.67 bits per heavy atom. The zero-order valence-electron chi connectivity index (χ0n) is 12.4. The van der Waals surface area contributed by atoms with E-state index in [0.717, 1.165) is 10.2 Å². The Bertz CT molecular complexity index is 886. The van der Waals surface area contributed by atoms with Crippen LogP contribution in [0, 0.1) is 0 Å². The molecule has 6 nitrogen and oxygen atoms in total. The Morgan fingerprint density at radius 2 is 1.88 bits per heavy atom. The standard InChI is InChI=1S/C17H13BrN4O2/c18-13-6-1-2-7-14(13)21-17-19-9-8-15(22-17)20-12-5-3-4-11(10-12)16(23)24/h1-10H,(H,23,24)(H2,19,20,21,22). The van der Waals surface area contributed by atoms with E-state index in [1.807, 2.05) is 24.3 Å². The number of hydrogen-bond acceptors (Lipinski definition) is 5. The number of anilines is 4. The zero-order chi connectivity index (χ0) is 16.9. The Morgan fingerprint density at radius 1 is 1.04 bits per heavy atom. The maximum Gasteiger partial charge on any atom is 0.335 e. The predicted octanol–water partition coefficient (Wildman–Crippen LogP) is 4.42. The molecule has 2 aromatic carbocycles. The number of aromatic nitrogens is 2. The molecule has 0 saturated carbocycles. The van der Waals surface area contributed by atoms with E-state index in [4.69, 9.17) is 5.11 Å². The Hall–Kier alpha value is -2.93. The molecule has 0 aliphatic rings. The first-order chi connectivity index (χ1) is 11.6. The molecule has 3 aromatic rings. The van der Waals surface area contributed by atoms with Crippen LogP contribution >= 0.6 is 15.9 Å². The van der Waals surface area contributed by atoms with Gasteiger partial charge in [0, 0.05) is 16.4 Å². The largest absolute Gasteiger partial charge is 0.478 e. The fraction of sp³-hybridized carbons (Fsp3) is 0. The second kappa shape index (κ2) is 7.10. The van der Waals surface area contributed by atoms with Crippen molar-refractivity contribution in [2.24, 2.45) is 0 Å². The molecule has 1 aromatic heterocycles. The van der Waals surface area contributed by atoms with Crippen molar-refractivity contribution in [2.75, 3.05) is 10.6 Å². The fourth-order valence-electron chi connectivity index (χ4n) is 2.05. The van der Waals surface area contributed by atoms with Crippen LogP contribution in [0.5, 0.6) is 0 Å². The second-order valence-corrected chi connectivity index (χ2v) is 5.74. The van der Waals surface area contributed by atoms with Crippen LogP contribution in [0.3, 0.4) is 0 Å². The molecular formula is C17H13BrN4O2.